The van der Waals surface area contributed by atoms with Crippen LogP contribution in [0.4, 0.5) is 0 Å². The van der Waals surface area contributed by atoms with Gasteiger partial charge in [-0.25, -0.2) is 9.86 Å². The van der Waals surface area contributed by atoms with Crippen LogP contribution in [0.3, 0.4) is 0 Å². The topological polar surface area (TPSA) is 101 Å². The molecule has 0 aliphatic rings. The zero-order chi connectivity index (χ0) is 9.61. The number of hydrogen-bond donors (Lipinski definition) is 3. The van der Waals surface area contributed by atoms with Crippen molar-refractivity contribution >= 4 is 16.1 Å². The number of carbonyl (C=O) groups excluding carboxylic acids is 1. The van der Waals surface area contributed by atoms with Crippen LogP contribution in [-0.4, -0.2) is 27.4 Å². The second-order valence-corrected chi connectivity index (χ2v) is 3.52. The van der Waals surface area contributed by atoms with Gasteiger partial charge in [-0.05, 0) is 6.92 Å². The van der Waals surface area contributed by atoms with Gasteiger partial charge in [-0.3, -0.25) is 4.79 Å². The number of carbonyl (C=O) groups is 1. The van der Waals surface area contributed by atoms with Gasteiger partial charge in [0.2, 0.25) is 5.91 Å². The van der Waals surface area contributed by atoms with Crippen molar-refractivity contribution in [2.45, 2.75) is 13.3 Å². The summed E-state index contributed by atoms with van der Waals surface area (Å²) in [4.78, 5) is 10.7. The van der Waals surface area contributed by atoms with Crippen LogP contribution in [0.1, 0.15) is 13.3 Å². The molecule has 0 spiro atoms. The van der Waals surface area contributed by atoms with Crippen molar-refractivity contribution in [3.63, 3.8) is 0 Å². The molecule has 0 aromatic rings. The summed E-state index contributed by atoms with van der Waals surface area (Å²) >= 11 is 0. The zero-order valence-corrected chi connectivity index (χ0v) is 7.65. The average Bonchev–Trinajstić information content (AvgIpc) is 1.84. The molecule has 0 aliphatic heterocycles. The molecule has 0 aromatic heterocycles. The molecule has 12 heavy (non-hydrogen) atoms. The molecule has 0 saturated heterocycles. The van der Waals surface area contributed by atoms with E-state index in [2.05, 4.69) is 10.5 Å². The van der Waals surface area contributed by atoms with Gasteiger partial charge in [0.05, 0.1) is 0 Å². The van der Waals surface area contributed by atoms with Crippen LogP contribution in [0.5, 0.6) is 0 Å². The first-order valence-corrected chi connectivity index (χ1v) is 5.04. The SMILES string of the molecule is CCNC(=O)CCNS(N)(=O)=O. The quantitative estimate of drug-likeness (QED) is 0.487. The average molecular weight is 195 g/mol. The minimum absolute atomic E-state index is 0.0324. The second-order valence-electron chi connectivity index (χ2n) is 2.14. The zero-order valence-electron chi connectivity index (χ0n) is 6.83. The van der Waals surface area contributed by atoms with Gasteiger partial charge >= 0.3 is 0 Å². The van der Waals surface area contributed by atoms with E-state index in [9.17, 15) is 13.2 Å². The monoisotopic (exact) mass is 195 g/mol. The van der Waals surface area contributed by atoms with E-state index in [1.807, 2.05) is 4.72 Å². The van der Waals surface area contributed by atoms with Gasteiger partial charge < -0.3 is 5.32 Å². The highest BCUT2D eigenvalue weighted by atomic mass is 32.2. The van der Waals surface area contributed by atoms with E-state index in [1.54, 1.807) is 6.92 Å². The van der Waals surface area contributed by atoms with Gasteiger partial charge in [0.25, 0.3) is 10.2 Å². The van der Waals surface area contributed by atoms with E-state index in [1.165, 1.54) is 0 Å². The van der Waals surface area contributed by atoms with Gasteiger partial charge in [0, 0.05) is 19.5 Å². The Labute approximate surface area is 71.7 Å². The molecule has 0 fully saturated rings. The van der Waals surface area contributed by atoms with E-state index in [0.717, 1.165) is 0 Å². The standard InChI is InChI=1S/C5H13N3O3S/c1-2-7-5(9)3-4-8-12(6,10)11/h8H,2-4H2,1H3,(H,7,9)(H2,6,10,11). The number of rotatable bonds is 5. The molecule has 0 atom stereocenters. The first-order valence-electron chi connectivity index (χ1n) is 3.50. The molecular formula is C5H13N3O3S. The molecule has 1 amide bonds. The Kier molecular flexibility index (Phi) is 4.79. The lowest BCUT2D eigenvalue weighted by Gasteiger charge is -2.01. The Balaban J connectivity index is 3.51. The third-order valence-corrected chi connectivity index (χ3v) is 1.64. The first kappa shape index (κ1) is 11.3. The van der Waals surface area contributed by atoms with Crippen LogP contribution >= 0.6 is 0 Å². The van der Waals surface area contributed by atoms with Crippen molar-refractivity contribution in [2.24, 2.45) is 5.14 Å². The molecule has 4 N–H and O–H groups in total. The number of amides is 1. The maximum atomic E-state index is 10.7. The fourth-order valence-electron chi connectivity index (χ4n) is 0.592. The van der Waals surface area contributed by atoms with Crippen molar-refractivity contribution in [3.05, 3.63) is 0 Å². The number of nitrogens with two attached hydrogens (primary N) is 1. The third-order valence-electron chi connectivity index (χ3n) is 1.03. The summed E-state index contributed by atoms with van der Waals surface area (Å²) in [6.07, 6.45) is 0.101. The van der Waals surface area contributed by atoms with Crippen LogP contribution < -0.4 is 15.2 Å². The highest BCUT2D eigenvalue weighted by molar-refractivity contribution is 7.87. The lowest BCUT2D eigenvalue weighted by molar-refractivity contribution is -0.120. The van der Waals surface area contributed by atoms with Crippen LogP contribution in [0.15, 0.2) is 0 Å². The van der Waals surface area contributed by atoms with E-state index in [-0.39, 0.29) is 18.9 Å². The first-order chi connectivity index (χ1) is 5.45. The molecular weight excluding hydrogens is 182 g/mol. The maximum Gasteiger partial charge on any atom is 0.274 e. The highest BCUT2D eigenvalue weighted by Crippen LogP contribution is 1.77. The van der Waals surface area contributed by atoms with Gasteiger partial charge in [-0.1, -0.05) is 0 Å². The van der Waals surface area contributed by atoms with E-state index >= 15 is 0 Å². The molecule has 0 heterocycles. The molecule has 72 valence electrons. The molecule has 0 bridgehead atoms. The minimum atomic E-state index is -3.66. The molecule has 0 radical (unpaired) electrons. The lowest BCUT2D eigenvalue weighted by atomic mass is 10.4. The predicted octanol–water partition coefficient (Wildman–Crippen LogP) is -1.69. The minimum Gasteiger partial charge on any atom is -0.356 e. The van der Waals surface area contributed by atoms with Crippen LogP contribution in [-0.2, 0) is 15.0 Å². The Hall–Kier alpha value is -0.660. The molecule has 0 unspecified atom stereocenters. The van der Waals surface area contributed by atoms with Gasteiger partial charge in [-0.2, -0.15) is 8.42 Å². The van der Waals surface area contributed by atoms with Crippen molar-refractivity contribution in [2.75, 3.05) is 13.1 Å². The molecule has 0 saturated carbocycles. The fourth-order valence-corrected chi connectivity index (χ4v) is 0.979. The van der Waals surface area contributed by atoms with Crippen molar-refractivity contribution in [1.29, 1.82) is 0 Å². The maximum absolute atomic E-state index is 10.7. The van der Waals surface area contributed by atoms with Crippen LogP contribution in [0.25, 0.3) is 0 Å². The van der Waals surface area contributed by atoms with Crippen molar-refractivity contribution < 1.29 is 13.2 Å². The highest BCUT2D eigenvalue weighted by Gasteiger charge is 2.02. The fraction of sp³-hybridized carbons (Fsp3) is 0.800. The Bertz CT molecular complexity index is 236. The summed E-state index contributed by atoms with van der Waals surface area (Å²) < 4.78 is 22.6. The molecule has 6 nitrogen and oxygen atoms in total. The van der Waals surface area contributed by atoms with Crippen molar-refractivity contribution in [1.82, 2.24) is 10.0 Å². The predicted molar refractivity (Wildman–Crippen MR) is 44.4 cm³/mol. The largest absolute Gasteiger partial charge is 0.356 e. The summed E-state index contributed by atoms with van der Waals surface area (Å²) in [5, 5.41) is 7.14. The van der Waals surface area contributed by atoms with Gasteiger partial charge in [-0.15, -0.1) is 0 Å². The summed E-state index contributed by atoms with van der Waals surface area (Å²) in [6.45, 7) is 2.35. The number of nitrogens with one attached hydrogen (secondary N) is 2. The molecule has 7 heteroatoms. The summed E-state index contributed by atoms with van der Waals surface area (Å²) in [5.41, 5.74) is 0. The third kappa shape index (κ3) is 7.45. The second kappa shape index (κ2) is 5.07. The normalized spacial score (nSPS) is 11.2. The Morgan fingerprint density at radius 1 is 1.50 bits per heavy atom. The Morgan fingerprint density at radius 3 is 2.50 bits per heavy atom. The summed E-state index contributed by atoms with van der Waals surface area (Å²) in [5.74, 6) is -0.200. The molecule has 0 aliphatic carbocycles. The van der Waals surface area contributed by atoms with Gasteiger partial charge in [0.1, 0.15) is 0 Å². The number of hydrogen-bond acceptors (Lipinski definition) is 3. The van der Waals surface area contributed by atoms with Crippen LogP contribution in [0.2, 0.25) is 0 Å². The van der Waals surface area contributed by atoms with Crippen molar-refractivity contribution in [3.8, 4) is 0 Å². The van der Waals surface area contributed by atoms with E-state index in [0.29, 0.717) is 6.54 Å². The lowest BCUT2D eigenvalue weighted by Crippen LogP contribution is -2.34. The summed E-state index contributed by atoms with van der Waals surface area (Å²) in [7, 11) is -3.66. The smallest absolute Gasteiger partial charge is 0.274 e. The van der Waals surface area contributed by atoms with Crippen LogP contribution in [0, 0.1) is 0 Å². The van der Waals surface area contributed by atoms with E-state index in [4.69, 9.17) is 0 Å². The summed E-state index contributed by atoms with van der Waals surface area (Å²) in [6, 6.07) is 0. The van der Waals surface area contributed by atoms with E-state index < -0.39 is 10.2 Å². The molecule has 0 rings (SSSR count). The Morgan fingerprint density at radius 2 is 2.08 bits per heavy atom. The molecule has 0 aromatic carbocycles. The van der Waals surface area contributed by atoms with Gasteiger partial charge in [0.15, 0.2) is 0 Å².